The SMILES string of the molecule is N#CCC1(n2ccc(Nc3ccccc3)n2)CCN(C(=O)c2cccc3ccccc23)CC1. The van der Waals surface area contributed by atoms with Gasteiger partial charge in [-0.3, -0.25) is 9.48 Å². The Morgan fingerprint density at radius 1 is 0.970 bits per heavy atom. The molecule has 1 saturated heterocycles. The number of anilines is 2. The lowest BCUT2D eigenvalue weighted by atomic mass is 9.84. The van der Waals surface area contributed by atoms with Crippen LogP contribution in [0.4, 0.5) is 11.5 Å². The van der Waals surface area contributed by atoms with Crippen LogP contribution in [0.3, 0.4) is 0 Å². The summed E-state index contributed by atoms with van der Waals surface area (Å²) in [6.45, 7) is 1.18. The minimum absolute atomic E-state index is 0.0456. The molecule has 3 aromatic carbocycles. The van der Waals surface area contributed by atoms with Gasteiger partial charge >= 0.3 is 0 Å². The van der Waals surface area contributed by atoms with Gasteiger partial charge in [-0.1, -0.05) is 54.6 Å². The van der Waals surface area contributed by atoms with Crippen LogP contribution in [0.25, 0.3) is 10.8 Å². The van der Waals surface area contributed by atoms with Crippen molar-refractivity contribution in [3.05, 3.63) is 90.6 Å². The van der Waals surface area contributed by atoms with Crippen molar-refractivity contribution in [2.75, 3.05) is 18.4 Å². The van der Waals surface area contributed by atoms with Crippen molar-refractivity contribution >= 4 is 28.2 Å². The maximum absolute atomic E-state index is 13.4. The topological polar surface area (TPSA) is 74.0 Å². The van der Waals surface area contributed by atoms with Gasteiger partial charge in [0.05, 0.1) is 18.0 Å². The third-order valence-corrected chi connectivity index (χ3v) is 6.53. The van der Waals surface area contributed by atoms with Crippen molar-refractivity contribution in [3.63, 3.8) is 0 Å². The van der Waals surface area contributed by atoms with Crippen molar-refractivity contribution in [3.8, 4) is 6.07 Å². The average Bonchev–Trinajstić information content (AvgIpc) is 3.34. The first-order valence-electron chi connectivity index (χ1n) is 11.2. The Labute approximate surface area is 193 Å². The van der Waals surface area contributed by atoms with Gasteiger partial charge in [-0.2, -0.15) is 10.4 Å². The summed E-state index contributed by atoms with van der Waals surface area (Å²) >= 11 is 0. The van der Waals surface area contributed by atoms with Crippen LogP contribution >= 0.6 is 0 Å². The highest BCUT2D eigenvalue weighted by atomic mass is 16.2. The van der Waals surface area contributed by atoms with E-state index < -0.39 is 5.54 Å². The Hall–Kier alpha value is -4.11. The molecule has 6 nitrogen and oxygen atoms in total. The lowest BCUT2D eigenvalue weighted by Gasteiger charge is -2.40. The summed E-state index contributed by atoms with van der Waals surface area (Å²) in [5, 5.41) is 19.7. The number of piperidine rings is 1. The van der Waals surface area contributed by atoms with E-state index in [1.54, 1.807) is 0 Å². The van der Waals surface area contributed by atoms with Gasteiger partial charge in [-0.25, -0.2) is 0 Å². The number of hydrogen-bond acceptors (Lipinski definition) is 4. The third-order valence-electron chi connectivity index (χ3n) is 6.53. The van der Waals surface area contributed by atoms with E-state index in [9.17, 15) is 10.1 Å². The normalized spacial score (nSPS) is 15.2. The summed E-state index contributed by atoms with van der Waals surface area (Å²) in [6, 6.07) is 28.0. The Morgan fingerprint density at radius 2 is 1.70 bits per heavy atom. The molecule has 0 radical (unpaired) electrons. The number of nitriles is 1. The molecule has 2 heterocycles. The lowest BCUT2D eigenvalue weighted by molar-refractivity contribution is 0.0581. The Morgan fingerprint density at radius 3 is 2.48 bits per heavy atom. The van der Waals surface area contributed by atoms with E-state index in [-0.39, 0.29) is 5.91 Å². The van der Waals surface area contributed by atoms with E-state index >= 15 is 0 Å². The highest BCUT2D eigenvalue weighted by molar-refractivity contribution is 6.07. The molecule has 0 atom stereocenters. The van der Waals surface area contributed by atoms with Gasteiger partial charge in [0.1, 0.15) is 0 Å². The molecule has 33 heavy (non-hydrogen) atoms. The molecule has 0 bridgehead atoms. The van der Waals surface area contributed by atoms with Gasteiger partial charge < -0.3 is 10.2 Å². The standard InChI is InChI=1S/C27H25N5O/c28-17-14-27(32-18-13-25(30-32)29-22-9-2-1-3-10-22)15-19-31(20-16-27)26(33)24-12-6-8-21-7-4-5-11-23(21)24/h1-13,18H,14-16,19-20H2,(H,29,30). The smallest absolute Gasteiger partial charge is 0.254 e. The summed E-state index contributed by atoms with van der Waals surface area (Å²) in [5.41, 5.74) is 1.28. The highest BCUT2D eigenvalue weighted by Crippen LogP contribution is 2.34. The second-order valence-corrected chi connectivity index (χ2v) is 8.51. The van der Waals surface area contributed by atoms with E-state index in [0.717, 1.165) is 27.8 Å². The van der Waals surface area contributed by atoms with Crippen molar-refractivity contribution < 1.29 is 4.79 Å². The van der Waals surface area contributed by atoms with Gasteiger partial charge in [-0.15, -0.1) is 0 Å². The van der Waals surface area contributed by atoms with E-state index in [1.165, 1.54) is 0 Å². The number of amides is 1. The number of nitrogens with zero attached hydrogens (tertiary/aromatic N) is 4. The largest absolute Gasteiger partial charge is 0.339 e. The van der Waals surface area contributed by atoms with Crippen LogP contribution in [-0.2, 0) is 5.54 Å². The van der Waals surface area contributed by atoms with Crippen LogP contribution in [0.15, 0.2) is 85.1 Å². The monoisotopic (exact) mass is 435 g/mol. The first-order valence-corrected chi connectivity index (χ1v) is 11.2. The molecule has 164 valence electrons. The third kappa shape index (κ3) is 4.06. The number of likely N-dealkylation sites (tertiary alicyclic amines) is 1. The summed E-state index contributed by atoms with van der Waals surface area (Å²) in [5.74, 6) is 0.789. The number of benzene rings is 3. The highest BCUT2D eigenvalue weighted by Gasteiger charge is 2.38. The number of carbonyl (C=O) groups is 1. The number of nitrogens with one attached hydrogen (secondary N) is 1. The zero-order chi connectivity index (χ0) is 22.7. The molecule has 1 aliphatic heterocycles. The predicted octanol–water partition coefficient (Wildman–Crippen LogP) is 5.33. The molecular weight excluding hydrogens is 410 g/mol. The molecule has 1 amide bonds. The fraction of sp³-hybridized carbons (Fsp3) is 0.222. The zero-order valence-electron chi connectivity index (χ0n) is 18.3. The van der Waals surface area contributed by atoms with Gasteiger partial charge in [0, 0.05) is 36.6 Å². The maximum atomic E-state index is 13.4. The average molecular weight is 436 g/mol. The predicted molar refractivity (Wildman–Crippen MR) is 129 cm³/mol. The summed E-state index contributed by atoms with van der Waals surface area (Å²) in [4.78, 5) is 15.3. The fourth-order valence-electron chi connectivity index (χ4n) is 4.67. The van der Waals surface area contributed by atoms with Gasteiger partial charge in [0.15, 0.2) is 5.82 Å². The fourth-order valence-corrected chi connectivity index (χ4v) is 4.67. The van der Waals surface area contributed by atoms with E-state index in [4.69, 9.17) is 5.10 Å². The molecule has 0 aliphatic carbocycles. The second kappa shape index (κ2) is 8.79. The van der Waals surface area contributed by atoms with Gasteiger partial charge in [0.25, 0.3) is 5.91 Å². The Kier molecular flexibility index (Phi) is 5.54. The summed E-state index contributed by atoms with van der Waals surface area (Å²) in [6.07, 6.45) is 3.66. The molecular formula is C27H25N5O. The number of hydrogen-bond donors (Lipinski definition) is 1. The Bertz CT molecular complexity index is 1310. The molecule has 6 heteroatoms. The van der Waals surface area contributed by atoms with Crippen LogP contribution in [0.5, 0.6) is 0 Å². The minimum Gasteiger partial charge on any atom is -0.339 e. The molecule has 5 rings (SSSR count). The zero-order valence-corrected chi connectivity index (χ0v) is 18.3. The number of carbonyl (C=O) groups excluding carboxylic acids is 1. The van der Waals surface area contributed by atoms with Crippen molar-refractivity contribution in [1.29, 1.82) is 5.26 Å². The van der Waals surface area contributed by atoms with Crippen LogP contribution < -0.4 is 5.32 Å². The maximum Gasteiger partial charge on any atom is 0.254 e. The van der Waals surface area contributed by atoms with E-state index in [1.807, 2.05) is 94.6 Å². The molecule has 0 spiro atoms. The van der Waals surface area contributed by atoms with Crippen LogP contribution in [0.2, 0.25) is 0 Å². The molecule has 4 aromatic rings. The van der Waals surface area contributed by atoms with Crippen LogP contribution in [0.1, 0.15) is 29.6 Å². The second-order valence-electron chi connectivity index (χ2n) is 8.51. The molecule has 1 aromatic heterocycles. The lowest BCUT2D eigenvalue weighted by Crippen LogP contribution is -2.48. The molecule has 1 N–H and O–H groups in total. The van der Waals surface area contributed by atoms with Gasteiger partial charge in [0.2, 0.25) is 0 Å². The van der Waals surface area contributed by atoms with Crippen molar-refractivity contribution in [2.24, 2.45) is 0 Å². The number of aromatic nitrogens is 2. The quantitative estimate of drug-likeness (QED) is 0.460. The molecule has 1 fully saturated rings. The molecule has 1 aliphatic rings. The Balaban J connectivity index is 1.34. The molecule has 0 saturated carbocycles. The van der Waals surface area contributed by atoms with E-state index in [2.05, 4.69) is 11.4 Å². The van der Waals surface area contributed by atoms with Crippen LogP contribution in [-0.4, -0.2) is 33.7 Å². The summed E-state index contributed by atoms with van der Waals surface area (Å²) in [7, 11) is 0. The first-order chi connectivity index (χ1) is 16.2. The number of rotatable bonds is 5. The molecule has 0 unspecified atom stereocenters. The van der Waals surface area contributed by atoms with Crippen molar-refractivity contribution in [1.82, 2.24) is 14.7 Å². The number of fused-ring (bicyclic) bond motifs is 1. The minimum atomic E-state index is -0.416. The van der Waals surface area contributed by atoms with E-state index in [0.29, 0.717) is 32.4 Å². The number of para-hydroxylation sites is 1. The van der Waals surface area contributed by atoms with Gasteiger partial charge in [-0.05, 0) is 41.8 Å². The first kappa shape index (κ1) is 20.8. The van der Waals surface area contributed by atoms with Crippen molar-refractivity contribution in [2.45, 2.75) is 24.8 Å². The summed E-state index contributed by atoms with van der Waals surface area (Å²) < 4.78 is 1.92. The van der Waals surface area contributed by atoms with Crippen LogP contribution in [0, 0.1) is 11.3 Å².